The molecule has 0 atom stereocenters. The molecular weight excluding hydrogens is 318 g/mol. The highest BCUT2D eigenvalue weighted by Gasteiger charge is 2.11. The Morgan fingerprint density at radius 1 is 1.41 bits per heavy atom. The molecule has 0 saturated carbocycles. The van der Waals surface area contributed by atoms with Crippen molar-refractivity contribution in [2.45, 2.75) is 37.8 Å². The van der Waals surface area contributed by atoms with Gasteiger partial charge in [0.2, 0.25) is 5.91 Å². The van der Waals surface area contributed by atoms with Gasteiger partial charge in [-0.1, -0.05) is 37.9 Å². The van der Waals surface area contributed by atoms with Crippen LogP contribution in [-0.4, -0.2) is 27.8 Å². The Morgan fingerprint density at radius 2 is 2.23 bits per heavy atom. The summed E-state index contributed by atoms with van der Waals surface area (Å²) in [4.78, 5) is 28.4. The second kappa shape index (κ2) is 8.33. The zero-order chi connectivity index (χ0) is 15.9. The van der Waals surface area contributed by atoms with Crippen LogP contribution in [0.2, 0.25) is 0 Å². The average Bonchev–Trinajstić information content (AvgIpc) is 2.97. The normalized spacial score (nSPS) is 11.0. The quantitative estimate of drug-likeness (QED) is 0.456. The third-order valence-electron chi connectivity index (χ3n) is 3.33. The van der Waals surface area contributed by atoms with Crippen LogP contribution < -0.4 is 10.9 Å². The highest BCUT2D eigenvalue weighted by molar-refractivity contribution is 7.99. The Bertz CT molecular complexity index is 694. The van der Waals surface area contributed by atoms with E-state index in [0.717, 1.165) is 19.4 Å². The minimum absolute atomic E-state index is 0.0128. The van der Waals surface area contributed by atoms with Crippen LogP contribution in [0, 0.1) is 0 Å². The number of thiophene rings is 1. The van der Waals surface area contributed by atoms with E-state index in [1.807, 2.05) is 11.4 Å². The highest BCUT2D eigenvalue weighted by atomic mass is 32.2. The summed E-state index contributed by atoms with van der Waals surface area (Å²) < 4.78 is 2.17. The molecule has 0 fully saturated rings. The molecule has 2 aromatic heterocycles. The molecule has 1 amide bonds. The monoisotopic (exact) mass is 339 g/mol. The summed E-state index contributed by atoms with van der Waals surface area (Å²) >= 11 is 2.69. The molecule has 0 unspecified atom stereocenters. The first-order chi connectivity index (χ1) is 10.6. The van der Waals surface area contributed by atoms with E-state index in [1.54, 1.807) is 7.05 Å². The van der Waals surface area contributed by atoms with Gasteiger partial charge in [0.15, 0.2) is 5.16 Å². The molecule has 0 aliphatic carbocycles. The van der Waals surface area contributed by atoms with Gasteiger partial charge in [-0.2, -0.15) is 0 Å². The van der Waals surface area contributed by atoms with E-state index in [-0.39, 0.29) is 17.2 Å². The van der Waals surface area contributed by atoms with Crippen molar-refractivity contribution >= 4 is 39.2 Å². The van der Waals surface area contributed by atoms with E-state index in [2.05, 4.69) is 17.2 Å². The number of unbranched alkanes of at least 4 members (excludes halogenated alkanes) is 3. The van der Waals surface area contributed by atoms with Gasteiger partial charge < -0.3 is 5.32 Å². The van der Waals surface area contributed by atoms with Crippen LogP contribution in [0.3, 0.4) is 0 Å². The van der Waals surface area contributed by atoms with Gasteiger partial charge in [-0.05, 0) is 17.9 Å². The van der Waals surface area contributed by atoms with Crippen LogP contribution in [-0.2, 0) is 11.8 Å². The number of amides is 1. The number of nitrogens with zero attached hydrogens (tertiary/aromatic N) is 2. The number of carbonyl (C=O) groups excluding carboxylic acids is 1. The third kappa shape index (κ3) is 4.33. The molecule has 5 nitrogen and oxygen atoms in total. The van der Waals surface area contributed by atoms with Gasteiger partial charge in [-0.15, -0.1) is 11.3 Å². The maximum atomic E-state index is 12.1. The average molecular weight is 339 g/mol. The van der Waals surface area contributed by atoms with Crippen molar-refractivity contribution in [3.05, 3.63) is 21.8 Å². The fourth-order valence-corrected chi connectivity index (χ4v) is 3.66. The predicted molar refractivity (Wildman–Crippen MR) is 92.7 cm³/mol. The van der Waals surface area contributed by atoms with E-state index in [0.29, 0.717) is 15.4 Å². The fraction of sp³-hybridized carbons (Fsp3) is 0.533. The van der Waals surface area contributed by atoms with Crippen molar-refractivity contribution in [1.29, 1.82) is 0 Å². The van der Waals surface area contributed by atoms with Gasteiger partial charge in [0, 0.05) is 13.6 Å². The molecule has 0 aromatic carbocycles. The Balaban J connectivity index is 1.87. The standard InChI is InChI=1S/C15H21N3O2S2/c1-3-4-5-6-8-16-12(19)10-22-15-17-11-7-9-21-13(11)14(20)18(15)2/h7,9H,3-6,8,10H2,1-2H3,(H,16,19). The summed E-state index contributed by atoms with van der Waals surface area (Å²) in [6.45, 7) is 2.88. The first kappa shape index (κ1) is 17.0. The van der Waals surface area contributed by atoms with Crippen molar-refractivity contribution in [2.24, 2.45) is 7.05 Å². The molecule has 7 heteroatoms. The van der Waals surface area contributed by atoms with Crippen LogP contribution >= 0.6 is 23.1 Å². The third-order valence-corrected chi connectivity index (χ3v) is 5.25. The molecule has 22 heavy (non-hydrogen) atoms. The molecular formula is C15H21N3O2S2. The number of aromatic nitrogens is 2. The molecule has 0 spiro atoms. The summed E-state index contributed by atoms with van der Waals surface area (Å²) in [5.41, 5.74) is 0.651. The molecule has 2 heterocycles. The molecule has 0 aliphatic rings. The van der Waals surface area contributed by atoms with Crippen molar-refractivity contribution in [1.82, 2.24) is 14.9 Å². The number of hydrogen-bond donors (Lipinski definition) is 1. The number of hydrogen-bond acceptors (Lipinski definition) is 5. The molecule has 0 bridgehead atoms. The van der Waals surface area contributed by atoms with Gasteiger partial charge in [-0.3, -0.25) is 14.2 Å². The molecule has 1 N–H and O–H groups in total. The van der Waals surface area contributed by atoms with Gasteiger partial charge in [0.1, 0.15) is 4.70 Å². The number of carbonyl (C=O) groups is 1. The van der Waals surface area contributed by atoms with Crippen LogP contribution in [0.15, 0.2) is 21.4 Å². The lowest BCUT2D eigenvalue weighted by Crippen LogP contribution is -2.27. The van der Waals surface area contributed by atoms with Crippen LogP contribution in [0.1, 0.15) is 32.6 Å². The van der Waals surface area contributed by atoms with Crippen molar-refractivity contribution < 1.29 is 4.79 Å². The maximum Gasteiger partial charge on any atom is 0.271 e. The van der Waals surface area contributed by atoms with Crippen LogP contribution in [0.4, 0.5) is 0 Å². The number of rotatable bonds is 8. The van der Waals surface area contributed by atoms with Crippen molar-refractivity contribution in [2.75, 3.05) is 12.3 Å². The summed E-state index contributed by atoms with van der Waals surface area (Å²) in [6.07, 6.45) is 4.56. The van der Waals surface area contributed by atoms with Gasteiger partial charge in [0.25, 0.3) is 5.56 Å². The second-order valence-corrected chi connectivity index (χ2v) is 6.95. The molecule has 120 valence electrons. The summed E-state index contributed by atoms with van der Waals surface area (Å²) in [6, 6.07) is 1.83. The SMILES string of the molecule is CCCCCCNC(=O)CSc1nc2ccsc2c(=O)n1C. The van der Waals surface area contributed by atoms with Gasteiger partial charge in [0.05, 0.1) is 11.3 Å². The smallest absolute Gasteiger partial charge is 0.271 e. The number of thioether (sulfide) groups is 1. The first-order valence-electron chi connectivity index (χ1n) is 7.47. The van der Waals surface area contributed by atoms with E-state index < -0.39 is 0 Å². The van der Waals surface area contributed by atoms with Crippen LogP contribution in [0.5, 0.6) is 0 Å². The largest absolute Gasteiger partial charge is 0.355 e. The fourth-order valence-electron chi connectivity index (χ4n) is 2.06. The summed E-state index contributed by atoms with van der Waals surface area (Å²) in [5.74, 6) is 0.269. The van der Waals surface area contributed by atoms with E-state index in [4.69, 9.17) is 0 Å². The van der Waals surface area contributed by atoms with Crippen LogP contribution in [0.25, 0.3) is 10.2 Å². The van der Waals surface area contributed by atoms with Crippen molar-refractivity contribution in [3.63, 3.8) is 0 Å². The Kier molecular flexibility index (Phi) is 6.45. The maximum absolute atomic E-state index is 12.1. The molecule has 0 saturated heterocycles. The molecule has 2 rings (SSSR count). The summed E-state index contributed by atoms with van der Waals surface area (Å²) in [7, 11) is 1.69. The lowest BCUT2D eigenvalue weighted by Gasteiger charge is -2.07. The van der Waals surface area contributed by atoms with E-state index in [9.17, 15) is 9.59 Å². The Morgan fingerprint density at radius 3 is 3.00 bits per heavy atom. The lowest BCUT2D eigenvalue weighted by atomic mass is 10.2. The zero-order valence-electron chi connectivity index (χ0n) is 12.9. The van der Waals surface area contributed by atoms with Gasteiger partial charge >= 0.3 is 0 Å². The zero-order valence-corrected chi connectivity index (χ0v) is 14.6. The molecule has 0 aliphatic heterocycles. The Hall–Kier alpha value is -1.34. The minimum Gasteiger partial charge on any atom is -0.355 e. The topological polar surface area (TPSA) is 64.0 Å². The Labute approximate surface area is 138 Å². The summed E-state index contributed by atoms with van der Waals surface area (Å²) in [5, 5.41) is 5.34. The second-order valence-electron chi connectivity index (χ2n) is 5.09. The van der Waals surface area contributed by atoms with E-state index >= 15 is 0 Å². The van der Waals surface area contributed by atoms with Crippen molar-refractivity contribution in [3.8, 4) is 0 Å². The minimum atomic E-state index is -0.0533. The highest BCUT2D eigenvalue weighted by Crippen LogP contribution is 2.19. The number of fused-ring (bicyclic) bond motifs is 1. The predicted octanol–water partition coefficient (Wildman–Crippen LogP) is 2.78. The molecule has 0 radical (unpaired) electrons. The lowest BCUT2D eigenvalue weighted by molar-refractivity contribution is -0.118. The first-order valence-corrected chi connectivity index (χ1v) is 9.33. The van der Waals surface area contributed by atoms with Gasteiger partial charge in [-0.25, -0.2) is 4.98 Å². The molecule has 2 aromatic rings. The number of nitrogens with one attached hydrogen (secondary N) is 1. The van der Waals surface area contributed by atoms with E-state index in [1.165, 1.54) is 40.5 Å².